The van der Waals surface area contributed by atoms with Crippen LogP contribution in [-0.2, 0) is 0 Å². The molecule has 0 fully saturated rings. The van der Waals surface area contributed by atoms with E-state index < -0.39 is 22.3 Å². The first-order valence-electron chi connectivity index (χ1n) is 5.55. The SMILES string of the molecule is Nc1cc(C(=O)Nc2ccc(F)cc2I)c([N+](=O)[O-])cn1. The highest BCUT2D eigenvalue weighted by Gasteiger charge is 2.21. The summed E-state index contributed by atoms with van der Waals surface area (Å²) in [7, 11) is 0. The molecule has 0 aliphatic heterocycles. The molecule has 9 heteroatoms. The molecule has 0 unspecified atom stereocenters. The Hall–Kier alpha value is -2.30. The lowest BCUT2D eigenvalue weighted by Gasteiger charge is -2.08. The summed E-state index contributed by atoms with van der Waals surface area (Å²) in [5.74, 6) is -1.18. The fraction of sp³-hybridized carbons (Fsp3) is 0. The van der Waals surface area contributed by atoms with Gasteiger partial charge in [0, 0.05) is 3.57 Å². The third-order valence-electron chi connectivity index (χ3n) is 2.52. The second-order valence-electron chi connectivity index (χ2n) is 3.96. The molecule has 1 aromatic heterocycles. The number of amides is 1. The van der Waals surface area contributed by atoms with Crippen LogP contribution in [0.1, 0.15) is 10.4 Å². The van der Waals surface area contributed by atoms with Crippen molar-refractivity contribution in [1.82, 2.24) is 4.98 Å². The van der Waals surface area contributed by atoms with Gasteiger partial charge < -0.3 is 11.1 Å². The van der Waals surface area contributed by atoms with Crippen molar-refractivity contribution in [3.63, 3.8) is 0 Å². The van der Waals surface area contributed by atoms with E-state index in [4.69, 9.17) is 5.73 Å². The van der Waals surface area contributed by atoms with Gasteiger partial charge in [0.15, 0.2) is 0 Å². The van der Waals surface area contributed by atoms with Crippen LogP contribution in [0.4, 0.5) is 21.6 Å². The van der Waals surface area contributed by atoms with E-state index in [0.717, 1.165) is 12.3 Å². The van der Waals surface area contributed by atoms with Gasteiger partial charge in [-0.05, 0) is 46.9 Å². The molecule has 1 amide bonds. The van der Waals surface area contributed by atoms with Crippen LogP contribution in [0, 0.1) is 19.5 Å². The molecule has 0 bridgehead atoms. The Kier molecular flexibility index (Phi) is 4.31. The monoisotopic (exact) mass is 402 g/mol. The fourth-order valence-corrected chi connectivity index (χ4v) is 2.18. The topological polar surface area (TPSA) is 111 Å². The molecule has 2 rings (SSSR count). The largest absolute Gasteiger partial charge is 0.384 e. The van der Waals surface area contributed by atoms with Crippen molar-refractivity contribution in [3.8, 4) is 0 Å². The van der Waals surface area contributed by atoms with Crippen LogP contribution in [0.25, 0.3) is 0 Å². The highest BCUT2D eigenvalue weighted by molar-refractivity contribution is 14.1. The van der Waals surface area contributed by atoms with Gasteiger partial charge in [0.25, 0.3) is 11.6 Å². The van der Waals surface area contributed by atoms with E-state index in [1.807, 2.05) is 22.6 Å². The fourth-order valence-electron chi connectivity index (χ4n) is 1.57. The Morgan fingerprint density at radius 2 is 2.14 bits per heavy atom. The number of carbonyl (C=O) groups is 1. The maximum absolute atomic E-state index is 13.0. The molecule has 0 spiro atoms. The zero-order chi connectivity index (χ0) is 15.6. The third-order valence-corrected chi connectivity index (χ3v) is 3.42. The first-order valence-corrected chi connectivity index (χ1v) is 6.62. The van der Waals surface area contributed by atoms with Crippen molar-refractivity contribution in [3.05, 3.63) is 55.5 Å². The van der Waals surface area contributed by atoms with Crippen molar-refractivity contribution < 1.29 is 14.1 Å². The molecule has 7 nitrogen and oxygen atoms in total. The van der Waals surface area contributed by atoms with E-state index in [-0.39, 0.29) is 11.4 Å². The molecule has 2 aromatic rings. The molecule has 0 aliphatic rings. The van der Waals surface area contributed by atoms with Gasteiger partial charge in [0.1, 0.15) is 23.4 Å². The smallest absolute Gasteiger partial charge is 0.300 e. The van der Waals surface area contributed by atoms with Gasteiger partial charge in [0.2, 0.25) is 0 Å². The molecular formula is C12H8FIN4O3. The maximum atomic E-state index is 13.0. The van der Waals surface area contributed by atoms with E-state index in [9.17, 15) is 19.3 Å². The van der Waals surface area contributed by atoms with E-state index in [2.05, 4.69) is 10.3 Å². The average Bonchev–Trinajstić information content (AvgIpc) is 2.41. The Bertz CT molecular complexity index is 738. The number of hydrogen-bond donors (Lipinski definition) is 2. The molecule has 0 aliphatic carbocycles. The number of aromatic nitrogens is 1. The summed E-state index contributed by atoms with van der Waals surface area (Å²) in [6, 6.07) is 4.88. The summed E-state index contributed by atoms with van der Waals surface area (Å²) in [6.07, 6.45) is 0.917. The summed E-state index contributed by atoms with van der Waals surface area (Å²) >= 11 is 1.84. The number of hydrogen-bond acceptors (Lipinski definition) is 5. The molecule has 108 valence electrons. The Labute approximate surface area is 131 Å². The van der Waals surface area contributed by atoms with Gasteiger partial charge >= 0.3 is 0 Å². The van der Waals surface area contributed by atoms with Crippen molar-refractivity contribution in [1.29, 1.82) is 0 Å². The molecule has 3 N–H and O–H groups in total. The first kappa shape index (κ1) is 15.1. The Balaban J connectivity index is 2.36. The third kappa shape index (κ3) is 3.42. The zero-order valence-corrected chi connectivity index (χ0v) is 12.5. The minimum atomic E-state index is -0.725. The summed E-state index contributed by atoms with van der Waals surface area (Å²) in [5.41, 5.74) is 5.11. The van der Waals surface area contributed by atoms with Gasteiger partial charge in [-0.1, -0.05) is 0 Å². The van der Waals surface area contributed by atoms with Crippen LogP contribution < -0.4 is 11.1 Å². The molecule has 0 atom stereocenters. The summed E-state index contributed by atoms with van der Waals surface area (Å²) in [4.78, 5) is 25.9. The number of rotatable bonds is 3. The zero-order valence-electron chi connectivity index (χ0n) is 10.3. The van der Waals surface area contributed by atoms with Crippen LogP contribution >= 0.6 is 22.6 Å². The lowest BCUT2D eigenvalue weighted by Crippen LogP contribution is -2.15. The van der Waals surface area contributed by atoms with Crippen LogP contribution in [0.15, 0.2) is 30.5 Å². The molecule has 0 saturated carbocycles. The number of benzene rings is 1. The predicted molar refractivity (Wildman–Crippen MR) is 82.4 cm³/mol. The highest BCUT2D eigenvalue weighted by Crippen LogP contribution is 2.23. The van der Waals surface area contributed by atoms with Crippen molar-refractivity contribution in [2.24, 2.45) is 0 Å². The number of anilines is 2. The Morgan fingerprint density at radius 1 is 1.43 bits per heavy atom. The van der Waals surface area contributed by atoms with Crippen molar-refractivity contribution >= 4 is 45.7 Å². The summed E-state index contributed by atoms with van der Waals surface area (Å²) in [5, 5.41) is 13.4. The second-order valence-corrected chi connectivity index (χ2v) is 5.12. The van der Waals surface area contributed by atoms with Crippen molar-refractivity contribution in [2.45, 2.75) is 0 Å². The number of nitrogens with two attached hydrogens (primary N) is 1. The first-order chi connectivity index (χ1) is 9.88. The summed E-state index contributed by atoms with van der Waals surface area (Å²) < 4.78 is 13.5. The highest BCUT2D eigenvalue weighted by atomic mass is 127. The van der Waals surface area contributed by atoms with Gasteiger partial charge in [-0.15, -0.1) is 0 Å². The number of nitrogens with one attached hydrogen (secondary N) is 1. The van der Waals surface area contributed by atoms with Crippen molar-refractivity contribution in [2.75, 3.05) is 11.1 Å². The lowest BCUT2D eigenvalue weighted by atomic mass is 10.2. The predicted octanol–water partition coefficient (Wildman–Crippen LogP) is 2.57. The molecule has 0 radical (unpaired) electrons. The standard InChI is InChI=1S/C12H8FIN4O3/c13-6-1-2-9(8(14)3-6)17-12(19)7-4-11(15)16-5-10(7)18(20)21/h1-5H,(H2,15,16)(H,17,19). The van der Waals surface area contributed by atoms with E-state index in [0.29, 0.717) is 9.26 Å². The number of pyridine rings is 1. The van der Waals surface area contributed by atoms with Crippen LogP contribution in [0.5, 0.6) is 0 Å². The quantitative estimate of drug-likeness (QED) is 0.466. The average molecular weight is 402 g/mol. The minimum Gasteiger partial charge on any atom is -0.384 e. The molecule has 0 saturated heterocycles. The number of nitro groups is 1. The maximum Gasteiger partial charge on any atom is 0.300 e. The van der Waals surface area contributed by atoms with Gasteiger partial charge in [-0.2, -0.15) is 0 Å². The number of nitrogens with zero attached hydrogens (tertiary/aromatic N) is 2. The number of carbonyl (C=O) groups excluding carboxylic acids is 1. The molecule has 1 aromatic carbocycles. The van der Waals surface area contributed by atoms with E-state index in [1.165, 1.54) is 18.2 Å². The van der Waals surface area contributed by atoms with Gasteiger partial charge in [-0.3, -0.25) is 14.9 Å². The normalized spacial score (nSPS) is 10.2. The number of halogens is 2. The van der Waals surface area contributed by atoms with Crippen LogP contribution in [0.2, 0.25) is 0 Å². The molecule has 21 heavy (non-hydrogen) atoms. The van der Waals surface area contributed by atoms with E-state index >= 15 is 0 Å². The van der Waals surface area contributed by atoms with Crippen LogP contribution in [0.3, 0.4) is 0 Å². The molecule has 1 heterocycles. The van der Waals surface area contributed by atoms with Crippen LogP contribution in [-0.4, -0.2) is 15.8 Å². The Morgan fingerprint density at radius 3 is 2.76 bits per heavy atom. The number of nitrogen functional groups attached to an aromatic ring is 1. The summed E-state index contributed by atoms with van der Waals surface area (Å²) in [6.45, 7) is 0. The van der Waals surface area contributed by atoms with Gasteiger partial charge in [0.05, 0.1) is 10.6 Å². The lowest BCUT2D eigenvalue weighted by molar-refractivity contribution is -0.385. The molecular weight excluding hydrogens is 394 g/mol. The van der Waals surface area contributed by atoms with Gasteiger partial charge in [-0.25, -0.2) is 9.37 Å². The second kappa shape index (κ2) is 5.99. The van der Waals surface area contributed by atoms with E-state index in [1.54, 1.807) is 0 Å². The minimum absolute atomic E-state index is 0.0143.